The Kier molecular flexibility index (Phi) is 14.1. The molecule has 252 valence electrons. The van der Waals surface area contributed by atoms with Crippen molar-refractivity contribution in [2.75, 3.05) is 36.8 Å². The summed E-state index contributed by atoms with van der Waals surface area (Å²) >= 11 is 3.12. The molecule has 21 heteroatoms. The van der Waals surface area contributed by atoms with Gasteiger partial charge in [0.1, 0.15) is 5.82 Å². The lowest BCUT2D eigenvalue weighted by Gasteiger charge is -2.27. The lowest BCUT2D eigenvalue weighted by molar-refractivity contribution is -0.193. The summed E-state index contributed by atoms with van der Waals surface area (Å²) in [6, 6.07) is 12.7. The van der Waals surface area contributed by atoms with Crippen LogP contribution in [0.1, 0.15) is 16.8 Å². The summed E-state index contributed by atoms with van der Waals surface area (Å²) in [6.45, 7) is 5.60. The minimum atomic E-state index is -5.08. The van der Waals surface area contributed by atoms with E-state index in [9.17, 15) is 35.9 Å². The molecule has 0 saturated carbocycles. The van der Waals surface area contributed by atoms with E-state index >= 15 is 0 Å². The second-order valence-electron chi connectivity index (χ2n) is 8.97. The Balaban J connectivity index is 0.000000440. The molecule has 6 N–H and O–H groups in total. The monoisotopic (exact) mass is 731 g/mol. The zero-order chi connectivity index (χ0) is 34.5. The largest absolute Gasteiger partial charge is 0.490 e. The highest BCUT2D eigenvalue weighted by molar-refractivity contribution is 9.10. The van der Waals surface area contributed by atoms with Crippen molar-refractivity contribution in [3.05, 3.63) is 69.6 Å². The van der Waals surface area contributed by atoms with Gasteiger partial charge in [0, 0.05) is 45.0 Å². The number of hydrogen-bond donors (Lipinski definition) is 6. The summed E-state index contributed by atoms with van der Waals surface area (Å²) in [7, 11) is 0. The van der Waals surface area contributed by atoms with Crippen LogP contribution in [-0.2, 0) is 22.7 Å². The fraction of sp³-hybridized carbons (Fsp3) is 0.320. The summed E-state index contributed by atoms with van der Waals surface area (Å²) in [5, 5.41) is 44.0. The molecule has 46 heavy (non-hydrogen) atoms. The van der Waals surface area contributed by atoms with E-state index in [1.165, 1.54) is 23.8 Å². The number of alkyl halides is 6. The van der Waals surface area contributed by atoms with Crippen molar-refractivity contribution in [2.24, 2.45) is 5.16 Å². The maximum Gasteiger partial charge on any atom is 0.490 e. The molecular weight excluding hydrogens is 707 g/mol. The third kappa shape index (κ3) is 12.9. The number of oxime groups is 1. The second-order valence-corrected chi connectivity index (χ2v) is 9.82. The van der Waals surface area contributed by atoms with E-state index < -0.39 is 30.1 Å². The number of hydrogen-bond acceptors (Lipinski definition) is 10. The first-order chi connectivity index (χ1) is 21.5. The van der Waals surface area contributed by atoms with Crippen LogP contribution in [0.25, 0.3) is 0 Å². The topological polar surface area (TPSA) is 185 Å². The number of carboxylic acids is 2. The molecule has 2 heterocycles. The van der Waals surface area contributed by atoms with Gasteiger partial charge in [0.15, 0.2) is 5.69 Å². The van der Waals surface area contributed by atoms with Crippen molar-refractivity contribution < 1.29 is 60.4 Å². The second kappa shape index (κ2) is 17.3. The van der Waals surface area contributed by atoms with Crippen LogP contribution >= 0.6 is 15.9 Å². The molecule has 13 nitrogen and oxygen atoms in total. The van der Waals surface area contributed by atoms with Crippen molar-refractivity contribution in [1.82, 2.24) is 20.5 Å². The van der Waals surface area contributed by atoms with Crippen molar-refractivity contribution in [3.8, 4) is 0 Å². The van der Waals surface area contributed by atoms with Crippen LogP contribution in [0.2, 0.25) is 0 Å². The number of amidine groups is 1. The first kappa shape index (κ1) is 37.7. The van der Waals surface area contributed by atoms with Crippen molar-refractivity contribution in [1.29, 1.82) is 0 Å². The van der Waals surface area contributed by atoms with Gasteiger partial charge in [-0.15, -0.1) is 0 Å². The first-order valence-electron chi connectivity index (χ1n) is 12.6. The average molecular weight is 732 g/mol. The fourth-order valence-corrected chi connectivity index (χ4v) is 3.76. The number of nitrogens with one attached hydrogen (secondary N) is 3. The smallest absolute Gasteiger partial charge is 0.475 e. The molecule has 0 radical (unpaired) electrons. The molecule has 1 saturated heterocycles. The third-order valence-electron chi connectivity index (χ3n) is 5.58. The molecule has 3 aromatic rings. The zero-order valence-corrected chi connectivity index (χ0v) is 24.7. The van der Waals surface area contributed by atoms with Gasteiger partial charge in [-0.05, 0) is 55.6 Å². The van der Waals surface area contributed by atoms with Gasteiger partial charge < -0.3 is 31.4 Å². The van der Waals surface area contributed by atoms with E-state index in [0.717, 1.165) is 38.3 Å². The van der Waals surface area contributed by atoms with Crippen LogP contribution < -0.4 is 16.0 Å². The maximum absolute atomic E-state index is 13.5. The molecule has 4 rings (SSSR count). The Morgan fingerprint density at radius 3 is 2.00 bits per heavy atom. The zero-order valence-electron chi connectivity index (χ0n) is 23.2. The van der Waals surface area contributed by atoms with Gasteiger partial charge >= 0.3 is 24.3 Å². The lowest BCUT2D eigenvalue weighted by Crippen LogP contribution is -2.42. The fourth-order valence-electron chi connectivity index (χ4n) is 3.38. The van der Waals surface area contributed by atoms with Crippen molar-refractivity contribution >= 4 is 45.2 Å². The van der Waals surface area contributed by atoms with E-state index in [-0.39, 0.29) is 16.0 Å². The number of rotatable bonds is 7. The van der Waals surface area contributed by atoms with E-state index in [2.05, 4.69) is 76.5 Å². The third-order valence-corrected chi connectivity index (χ3v) is 6.19. The lowest BCUT2D eigenvalue weighted by atomic mass is 10.1. The molecule has 1 aromatic heterocycles. The highest BCUT2D eigenvalue weighted by atomic mass is 79.9. The van der Waals surface area contributed by atoms with Crippen LogP contribution in [0.15, 0.2) is 56.7 Å². The molecule has 0 atom stereocenters. The molecule has 1 aliphatic heterocycles. The number of nitrogens with zero attached hydrogens (tertiary/aromatic N) is 4. The Bertz CT molecular complexity index is 1440. The van der Waals surface area contributed by atoms with E-state index in [0.29, 0.717) is 18.1 Å². The molecule has 0 bridgehead atoms. The molecule has 1 aliphatic rings. The first-order valence-corrected chi connectivity index (χ1v) is 13.4. The van der Waals surface area contributed by atoms with Crippen LogP contribution in [0, 0.1) is 5.82 Å². The molecular formula is C25H25BrF7N7O6. The number of halogens is 8. The Labute approximate surface area is 263 Å². The minimum Gasteiger partial charge on any atom is -0.475 e. The van der Waals surface area contributed by atoms with Crippen molar-refractivity contribution in [2.45, 2.75) is 25.4 Å². The predicted octanol–water partition coefficient (Wildman–Crippen LogP) is 4.50. The van der Waals surface area contributed by atoms with Crippen LogP contribution in [0.5, 0.6) is 0 Å². The summed E-state index contributed by atoms with van der Waals surface area (Å²) in [5.74, 6) is -5.59. The van der Waals surface area contributed by atoms with E-state index in [1.54, 1.807) is 0 Å². The molecule has 0 aliphatic carbocycles. The summed E-state index contributed by atoms with van der Waals surface area (Å²) in [6.07, 6.45) is -10.2. The van der Waals surface area contributed by atoms with Crippen LogP contribution in [-0.4, -0.2) is 86.9 Å². The SMILES string of the molecule is O/N=C(/Nc1ccc(F)c(Br)c1)c1nonc1NCc1ccc(CN2CCNCC2)cc1.O=C(O)C(F)(F)F.O=C(O)C(F)(F)F. The number of benzene rings is 2. The summed E-state index contributed by atoms with van der Waals surface area (Å²) in [4.78, 5) is 20.2. The highest BCUT2D eigenvalue weighted by Crippen LogP contribution is 2.22. The van der Waals surface area contributed by atoms with Gasteiger partial charge in [0.2, 0.25) is 11.7 Å². The Morgan fingerprint density at radius 2 is 1.50 bits per heavy atom. The van der Waals surface area contributed by atoms with Gasteiger partial charge in [-0.25, -0.2) is 18.6 Å². The van der Waals surface area contributed by atoms with Crippen LogP contribution in [0.3, 0.4) is 0 Å². The minimum absolute atomic E-state index is 0.0126. The summed E-state index contributed by atoms with van der Waals surface area (Å²) in [5.41, 5.74) is 3.02. The summed E-state index contributed by atoms with van der Waals surface area (Å²) < 4.78 is 82.0. The number of aromatic nitrogens is 2. The number of carbonyl (C=O) groups is 2. The van der Waals surface area contributed by atoms with Gasteiger partial charge in [-0.2, -0.15) is 26.3 Å². The quantitative estimate of drug-likeness (QED) is 0.0658. The van der Waals surface area contributed by atoms with E-state index in [1.807, 2.05) is 0 Å². The Hall–Kier alpha value is -4.50. The van der Waals surface area contributed by atoms with Gasteiger partial charge in [-0.1, -0.05) is 29.4 Å². The van der Waals surface area contributed by atoms with E-state index in [4.69, 9.17) is 24.4 Å². The van der Waals surface area contributed by atoms with Gasteiger partial charge in [0.25, 0.3) is 0 Å². The molecule has 1 fully saturated rings. The molecule has 2 aromatic carbocycles. The maximum atomic E-state index is 13.5. The van der Waals surface area contributed by atoms with Crippen LogP contribution in [0.4, 0.5) is 42.2 Å². The van der Waals surface area contributed by atoms with Gasteiger partial charge in [-0.3, -0.25) is 4.90 Å². The predicted molar refractivity (Wildman–Crippen MR) is 150 cm³/mol. The number of carboxylic acid groups (broad SMARTS) is 2. The highest BCUT2D eigenvalue weighted by Gasteiger charge is 2.38. The number of aliphatic carboxylic acids is 2. The molecule has 0 unspecified atom stereocenters. The number of anilines is 2. The van der Waals surface area contributed by atoms with Gasteiger partial charge in [0.05, 0.1) is 4.47 Å². The molecule has 0 amide bonds. The number of piperazine rings is 1. The average Bonchev–Trinajstić information content (AvgIpc) is 3.46. The standard InChI is InChI=1S/C21H23BrFN7O2.2C2HF3O2/c22-17-11-16(5-6-18(17)23)26-21(27-31)19-20(29-32-28-19)25-12-14-1-3-15(4-2-14)13-30-9-7-24-8-10-30;2*3-2(4,5)1(6)7/h1-6,11,24,31H,7-10,12-13H2,(H,25,29)(H,26,27);2*(H,6,7). The normalized spacial score (nSPS) is 13.9. The Morgan fingerprint density at radius 1 is 0.957 bits per heavy atom. The molecule has 0 spiro atoms. The van der Waals surface area contributed by atoms with Crippen molar-refractivity contribution in [3.63, 3.8) is 0 Å².